The fourth-order valence-electron chi connectivity index (χ4n) is 2.15. The molecule has 124 valence electrons. The molecular formula is C17H16N2O5. The standard InChI is InChI=1S/C17H16N2O5/c1-2-22-13-5-3-12(14(20)8-13)9-18-19-17(21)11-4-6-15-16(7-11)24-10-23-15/h3-9,20H,2,10H2,1H3,(H,19,21)/b18-9+. The topological polar surface area (TPSA) is 89.4 Å². The molecule has 2 N–H and O–H groups in total. The monoisotopic (exact) mass is 328 g/mol. The number of carbonyl (C=O) groups excluding carboxylic acids is 1. The Morgan fingerprint density at radius 2 is 2.12 bits per heavy atom. The van der Waals surface area contributed by atoms with Gasteiger partial charge in [-0.3, -0.25) is 4.79 Å². The van der Waals surface area contributed by atoms with Crippen molar-refractivity contribution in [3.05, 3.63) is 47.5 Å². The first-order chi connectivity index (χ1) is 11.7. The van der Waals surface area contributed by atoms with E-state index in [9.17, 15) is 9.90 Å². The van der Waals surface area contributed by atoms with E-state index in [1.807, 2.05) is 6.92 Å². The number of hydrazone groups is 1. The Morgan fingerprint density at radius 3 is 2.92 bits per heavy atom. The summed E-state index contributed by atoms with van der Waals surface area (Å²) in [5, 5.41) is 13.7. The predicted molar refractivity (Wildman–Crippen MR) is 86.9 cm³/mol. The number of ether oxygens (including phenoxy) is 3. The maximum absolute atomic E-state index is 12.1. The molecule has 1 amide bonds. The van der Waals surface area contributed by atoms with Crippen molar-refractivity contribution in [3.63, 3.8) is 0 Å². The highest BCUT2D eigenvalue weighted by Crippen LogP contribution is 2.32. The summed E-state index contributed by atoms with van der Waals surface area (Å²) in [7, 11) is 0. The van der Waals surface area contributed by atoms with E-state index in [1.54, 1.807) is 30.3 Å². The van der Waals surface area contributed by atoms with Gasteiger partial charge in [-0.2, -0.15) is 5.10 Å². The number of benzene rings is 2. The van der Waals surface area contributed by atoms with Crippen LogP contribution in [0.25, 0.3) is 0 Å². The van der Waals surface area contributed by atoms with Crippen LogP contribution in [0.1, 0.15) is 22.8 Å². The fourth-order valence-corrected chi connectivity index (χ4v) is 2.15. The molecule has 2 aromatic carbocycles. The number of nitrogens with one attached hydrogen (secondary N) is 1. The molecule has 1 aliphatic heterocycles. The van der Waals surface area contributed by atoms with Crippen LogP contribution in [0, 0.1) is 0 Å². The first-order valence-electron chi connectivity index (χ1n) is 7.36. The number of rotatable bonds is 5. The minimum atomic E-state index is -0.394. The van der Waals surface area contributed by atoms with Crippen LogP contribution >= 0.6 is 0 Å². The van der Waals surface area contributed by atoms with Crippen molar-refractivity contribution >= 4 is 12.1 Å². The van der Waals surface area contributed by atoms with Gasteiger partial charge in [-0.05, 0) is 37.3 Å². The second kappa shape index (κ2) is 6.91. The SMILES string of the molecule is CCOc1ccc(/C=N/NC(=O)c2ccc3c(c2)OCO3)c(O)c1. The molecule has 0 aromatic heterocycles. The summed E-state index contributed by atoms with van der Waals surface area (Å²) < 4.78 is 15.7. The molecular weight excluding hydrogens is 312 g/mol. The minimum absolute atomic E-state index is 0.0158. The third-order valence-corrected chi connectivity index (χ3v) is 3.32. The molecule has 1 aliphatic rings. The fraction of sp³-hybridized carbons (Fsp3) is 0.176. The second-order valence-corrected chi connectivity index (χ2v) is 4.92. The second-order valence-electron chi connectivity index (χ2n) is 4.92. The van der Waals surface area contributed by atoms with E-state index in [4.69, 9.17) is 14.2 Å². The normalized spacial score (nSPS) is 12.4. The average Bonchev–Trinajstić information content (AvgIpc) is 3.04. The van der Waals surface area contributed by atoms with Crippen molar-refractivity contribution in [2.24, 2.45) is 5.10 Å². The zero-order chi connectivity index (χ0) is 16.9. The number of hydrogen-bond donors (Lipinski definition) is 2. The first kappa shape index (κ1) is 15.7. The summed E-state index contributed by atoms with van der Waals surface area (Å²) in [6.07, 6.45) is 1.36. The molecule has 7 nitrogen and oxygen atoms in total. The van der Waals surface area contributed by atoms with Crippen molar-refractivity contribution in [2.45, 2.75) is 6.92 Å². The lowest BCUT2D eigenvalue weighted by Crippen LogP contribution is -2.17. The number of amides is 1. The first-order valence-corrected chi connectivity index (χ1v) is 7.36. The molecule has 0 fully saturated rings. The van der Waals surface area contributed by atoms with E-state index in [0.29, 0.717) is 35.0 Å². The molecule has 24 heavy (non-hydrogen) atoms. The van der Waals surface area contributed by atoms with Gasteiger partial charge in [0, 0.05) is 17.2 Å². The number of phenols is 1. The van der Waals surface area contributed by atoms with Gasteiger partial charge < -0.3 is 19.3 Å². The lowest BCUT2D eigenvalue weighted by molar-refractivity contribution is 0.0954. The summed E-state index contributed by atoms with van der Waals surface area (Å²) in [6.45, 7) is 2.52. The van der Waals surface area contributed by atoms with E-state index in [-0.39, 0.29) is 12.5 Å². The molecule has 2 aromatic rings. The van der Waals surface area contributed by atoms with E-state index in [1.165, 1.54) is 12.3 Å². The highest BCUT2D eigenvalue weighted by molar-refractivity contribution is 5.95. The smallest absolute Gasteiger partial charge is 0.271 e. The largest absolute Gasteiger partial charge is 0.507 e. The Balaban J connectivity index is 1.64. The van der Waals surface area contributed by atoms with E-state index in [2.05, 4.69) is 10.5 Å². The maximum Gasteiger partial charge on any atom is 0.271 e. The zero-order valence-electron chi connectivity index (χ0n) is 13.0. The molecule has 0 radical (unpaired) electrons. The van der Waals surface area contributed by atoms with Crippen LogP contribution in [0.15, 0.2) is 41.5 Å². The lowest BCUT2D eigenvalue weighted by Gasteiger charge is -2.05. The van der Waals surface area contributed by atoms with Gasteiger partial charge in [0.05, 0.1) is 12.8 Å². The van der Waals surface area contributed by atoms with Crippen molar-refractivity contribution in [2.75, 3.05) is 13.4 Å². The van der Waals surface area contributed by atoms with Gasteiger partial charge in [0.15, 0.2) is 11.5 Å². The molecule has 0 atom stereocenters. The van der Waals surface area contributed by atoms with Crippen LogP contribution in [0.5, 0.6) is 23.0 Å². The number of nitrogens with zero attached hydrogens (tertiary/aromatic N) is 1. The van der Waals surface area contributed by atoms with Crippen LogP contribution in [-0.4, -0.2) is 30.6 Å². The third-order valence-electron chi connectivity index (χ3n) is 3.32. The van der Waals surface area contributed by atoms with Gasteiger partial charge in [0.25, 0.3) is 5.91 Å². The highest BCUT2D eigenvalue weighted by atomic mass is 16.7. The predicted octanol–water partition coefficient (Wildman–Crippen LogP) is 2.28. The summed E-state index contributed by atoms with van der Waals surface area (Å²) in [4.78, 5) is 12.1. The van der Waals surface area contributed by atoms with Crippen molar-refractivity contribution in [3.8, 4) is 23.0 Å². The zero-order valence-corrected chi connectivity index (χ0v) is 13.0. The van der Waals surface area contributed by atoms with Gasteiger partial charge >= 0.3 is 0 Å². The van der Waals surface area contributed by atoms with Crippen LogP contribution in [0.4, 0.5) is 0 Å². The summed E-state index contributed by atoms with van der Waals surface area (Å²) in [5.74, 6) is 1.32. The molecule has 0 saturated carbocycles. The highest BCUT2D eigenvalue weighted by Gasteiger charge is 2.15. The summed E-state index contributed by atoms with van der Waals surface area (Å²) >= 11 is 0. The average molecular weight is 328 g/mol. The maximum atomic E-state index is 12.1. The number of hydrogen-bond acceptors (Lipinski definition) is 6. The van der Waals surface area contributed by atoms with Gasteiger partial charge in [-0.15, -0.1) is 0 Å². The van der Waals surface area contributed by atoms with Crippen molar-refractivity contribution in [1.29, 1.82) is 0 Å². The van der Waals surface area contributed by atoms with Gasteiger partial charge in [-0.1, -0.05) is 0 Å². The Labute approximate surface area is 138 Å². The molecule has 7 heteroatoms. The molecule has 3 rings (SSSR count). The quantitative estimate of drug-likeness (QED) is 0.649. The van der Waals surface area contributed by atoms with E-state index >= 15 is 0 Å². The van der Waals surface area contributed by atoms with Crippen LogP contribution in [0.3, 0.4) is 0 Å². The third kappa shape index (κ3) is 3.40. The van der Waals surface area contributed by atoms with Crippen LogP contribution < -0.4 is 19.6 Å². The number of carbonyl (C=O) groups is 1. The molecule has 0 bridgehead atoms. The lowest BCUT2D eigenvalue weighted by atomic mass is 10.2. The molecule has 0 saturated heterocycles. The summed E-state index contributed by atoms with van der Waals surface area (Å²) in [6, 6.07) is 9.72. The molecule has 0 unspecified atom stereocenters. The van der Waals surface area contributed by atoms with Gasteiger partial charge in [0.1, 0.15) is 11.5 Å². The van der Waals surface area contributed by atoms with Crippen LogP contribution in [-0.2, 0) is 0 Å². The van der Waals surface area contributed by atoms with Crippen molar-refractivity contribution in [1.82, 2.24) is 5.43 Å². The van der Waals surface area contributed by atoms with E-state index < -0.39 is 5.91 Å². The summed E-state index contributed by atoms with van der Waals surface area (Å²) in [5.41, 5.74) is 3.26. The van der Waals surface area contributed by atoms with Crippen LogP contribution in [0.2, 0.25) is 0 Å². The molecule has 0 spiro atoms. The number of fused-ring (bicyclic) bond motifs is 1. The van der Waals surface area contributed by atoms with Gasteiger partial charge in [0.2, 0.25) is 6.79 Å². The van der Waals surface area contributed by atoms with E-state index in [0.717, 1.165) is 0 Å². The Morgan fingerprint density at radius 1 is 1.29 bits per heavy atom. The molecule has 0 aliphatic carbocycles. The number of aromatic hydroxyl groups is 1. The Bertz CT molecular complexity index is 789. The number of phenolic OH excluding ortho intramolecular Hbond substituents is 1. The van der Waals surface area contributed by atoms with Gasteiger partial charge in [-0.25, -0.2) is 5.43 Å². The molecule has 1 heterocycles. The van der Waals surface area contributed by atoms with Crippen molar-refractivity contribution < 1.29 is 24.1 Å². The Kier molecular flexibility index (Phi) is 4.51. The minimum Gasteiger partial charge on any atom is -0.507 e. The Hall–Kier alpha value is -3.22.